The third kappa shape index (κ3) is 4.64. The van der Waals surface area contributed by atoms with Crippen LogP contribution >= 0.6 is 22.6 Å². The molecule has 190 valence electrons. The van der Waals surface area contributed by atoms with E-state index in [4.69, 9.17) is 0 Å². The molecule has 2 aliphatic rings. The predicted molar refractivity (Wildman–Crippen MR) is 153 cm³/mol. The summed E-state index contributed by atoms with van der Waals surface area (Å²) in [5.41, 5.74) is 5.93. The number of nitrogens with zero attached hydrogens (tertiary/aromatic N) is 4. The molecule has 0 saturated heterocycles. The average molecular weight is 625 g/mol. The van der Waals surface area contributed by atoms with E-state index in [0.29, 0.717) is 4.90 Å². The zero-order valence-electron chi connectivity index (χ0n) is 20.7. The number of rotatable bonds is 4. The lowest BCUT2D eigenvalue weighted by atomic mass is 9.98. The van der Waals surface area contributed by atoms with Crippen molar-refractivity contribution < 1.29 is 8.42 Å². The van der Waals surface area contributed by atoms with Crippen LogP contribution in [0.2, 0.25) is 0 Å². The molecule has 37 heavy (non-hydrogen) atoms. The highest BCUT2D eigenvalue weighted by Gasteiger charge is 2.43. The maximum absolute atomic E-state index is 13.9. The maximum Gasteiger partial charge on any atom is 0.243 e. The smallest absolute Gasteiger partial charge is 0.243 e. The van der Waals surface area contributed by atoms with Gasteiger partial charge in [-0.1, -0.05) is 78.6 Å². The fourth-order valence-corrected chi connectivity index (χ4v) is 7.68. The third-order valence-electron chi connectivity index (χ3n) is 7.69. The normalized spacial score (nSPS) is 20.2. The number of aryl methyl sites for hydroxylation is 1. The second-order valence-corrected chi connectivity index (χ2v) is 13.2. The minimum absolute atomic E-state index is 0.00112. The van der Waals surface area contributed by atoms with Gasteiger partial charge in [0.05, 0.1) is 23.2 Å². The summed E-state index contributed by atoms with van der Waals surface area (Å²) >= 11 is 2.31. The van der Waals surface area contributed by atoms with Crippen LogP contribution in [0.15, 0.2) is 77.7 Å². The van der Waals surface area contributed by atoms with Crippen molar-refractivity contribution in [3.63, 3.8) is 0 Å². The molecule has 2 heterocycles. The Kier molecular flexibility index (Phi) is 6.66. The van der Waals surface area contributed by atoms with E-state index >= 15 is 0 Å². The van der Waals surface area contributed by atoms with Crippen molar-refractivity contribution in [1.82, 2.24) is 19.3 Å². The van der Waals surface area contributed by atoms with Crippen LogP contribution < -0.4 is 0 Å². The van der Waals surface area contributed by atoms with Gasteiger partial charge in [0.25, 0.3) is 0 Å². The largest absolute Gasteiger partial charge is 0.243 e. The Morgan fingerprint density at radius 2 is 1.38 bits per heavy atom. The maximum atomic E-state index is 13.9. The molecular formula is C29H29IN4O2S. The molecule has 0 N–H and O–H groups in total. The Labute approximate surface area is 231 Å². The van der Waals surface area contributed by atoms with E-state index in [1.165, 1.54) is 3.57 Å². The summed E-state index contributed by atoms with van der Waals surface area (Å²) in [5.74, 6) is 0. The first-order valence-electron chi connectivity index (χ1n) is 12.8. The van der Waals surface area contributed by atoms with E-state index in [-0.39, 0.29) is 18.6 Å². The minimum Gasteiger partial charge on any atom is -0.243 e. The number of fused-ring (bicyclic) bond motifs is 3. The summed E-state index contributed by atoms with van der Waals surface area (Å²) in [6.07, 6.45) is 4.96. The molecule has 0 amide bonds. The van der Waals surface area contributed by atoms with Gasteiger partial charge in [0.15, 0.2) is 0 Å². The van der Waals surface area contributed by atoms with E-state index in [1.54, 1.807) is 16.4 Å². The number of sulfonamides is 1. The number of aromatic nitrogens is 3. The highest BCUT2D eigenvalue weighted by molar-refractivity contribution is 14.1. The molecule has 1 aliphatic heterocycles. The van der Waals surface area contributed by atoms with Crippen LogP contribution in [-0.2, 0) is 16.6 Å². The van der Waals surface area contributed by atoms with Crippen LogP contribution in [0.1, 0.15) is 49.4 Å². The van der Waals surface area contributed by atoms with E-state index in [1.807, 2.05) is 23.7 Å². The van der Waals surface area contributed by atoms with Gasteiger partial charge in [0.1, 0.15) is 5.69 Å². The molecule has 1 aliphatic carbocycles. The van der Waals surface area contributed by atoms with Gasteiger partial charge in [0, 0.05) is 15.2 Å². The lowest BCUT2D eigenvalue weighted by Crippen LogP contribution is -2.49. The number of halogens is 1. The molecule has 1 aromatic heterocycles. The number of benzene rings is 3. The lowest BCUT2D eigenvalue weighted by molar-refractivity contribution is 0.166. The van der Waals surface area contributed by atoms with Crippen molar-refractivity contribution >= 4 is 32.6 Å². The summed E-state index contributed by atoms with van der Waals surface area (Å²) in [5, 5.41) is 9.19. The first-order chi connectivity index (χ1) is 17.9. The Morgan fingerprint density at radius 1 is 0.784 bits per heavy atom. The molecule has 1 fully saturated rings. The van der Waals surface area contributed by atoms with Crippen molar-refractivity contribution in [3.05, 3.63) is 87.6 Å². The zero-order chi connectivity index (χ0) is 25.6. The lowest BCUT2D eigenvalue weighted by Gasteiger charge is -2.40. The van der Waals surface area contributed by atoms with Crippen molar-refractivity contribution in [2.75, 3.05) is 0 Å². The fourth-order valence-electron chi connectivity index (χ4n) is 5.68. The van der Waals surface area contributed by atoms with E-state index in [2.05, 4.69) is 81.4 Å². The van der Waals surface area contributed by atoms with Crippen LogP contribution in [0.4, 0.5) is 0 Å². The Bertz CT molecular complexity index is 1510. The summed E-state index contributed by atoms with van der Waals surface area (Å²) in [6, 6.07) is 23.9. The molecule has 1 saturated carbocycles. The van der Waals surface area contributed by atoms with Gasteiger partial charge in [-0.15, -0.1) is 5.10 Å². The van der Waals surface area contributed by atoms with Crippen molar-refractivity contribution in [2.45, 2.75) is 62.6 Å². The fraction of sp³-hybridized carbons (Fsp3) is 0.310. The molecule has 0 unspecified atom stereocenters. The molecular weight excluding hydrogens is 595 g/mol. The van der Waals surface area contributed by atoms with Gasteiger partial charge in [0.2, 0.25) is 10.0 Å². The molecule has 8 heteroatoms. The molecule has 2 atom stereocenters. The van der Waals surface area contributed by atoms with Gasteiger partial charge in [-0.25, -0.2) is 13.1 Å². The van der Waals surface area contributed by atoms with Crippen LogP contribution in [0.5, 0.6) is 0 Å². The molecule has 0 bridgehead atoms. The predicted octanol–water partition coefficient (Wildman–Crippen LogP) is 6.60. The van der Waals surface area contributed by atoms with Gasteiger partial charge in [-0.2, -0.15) is 4.31 Å². The van der Waals surface area contributed by atoms with Gasteiger partial charge >= 0.3 is 0 Å². The van der Waals surface area contributed by atoms with E-state index in [0.717, 1.165) is 65.7 Å². The molecule has 6 rings (SSSR count). The molecule has 0 radical (unpaired) electrons. The van der Waals surface area contributed by atoms with E-state index < -0.39 is 10.0 Å². The zero-order valence-corrected chi connectivity index (χ0v) is 23.7. The quantitative estimate of drug-likeness (QED) is 0.240. The van der Waals surface area contributed by atoms with Crippen LogP contribution in [-0.4, -0.2) is 33.8 Å². The van der Waals surface area contributed by atoms with Crippen LogP contribution in [0, 0.1) is 10.5 Å². The summed E-state index contributed by atoms with van der Waals surface area (Å²) in [7, 11) is -3.67. The third-order valence-corrected chi connectivity index (χ3v) is 10.3. The molecule has 4 aromatic rings. The van der Waals surface area contributed by atoms with Gasteiger partial charge < -0.3 is 0 Å². The summed E-state index contributed by atoms with van der Waals surface area (Å²) in [6.45, 7) is 2.25. The molecule has 0 spiro atoms. The van der Waals surface area contributed by atoms with Gasteiger partial charge in [-0.05, 0) is 77.7 Å². The second kappa shape index (κ2) is 9.96. The molecule has 3 aromatic carbocycles. The van der Waals surface area contributed by atoms with Crippen molar-refractivity contribution in [2.24, 2.45) is 0 Å². The summed E-state index contributed by atoms with van der Waals surface area (Å²) in [4.78, 5) is 0.352. The minimum atomic E-state index is -3.67. The second-order valence-electron chi connectivity index (χ2n) is 10.0. The monoisotopic (exact) mass is 624 g/mol. The van der Waals surface area contributed by atoms with Gasteiger partial charge in [-0.3, -0.25) is 0 Å². The van der Waals surface area contributed by atoms with Crippen molar-refractivity contribution in [3.8, 4) is 22.4 Å². The topological polar surface area (TPSA) is 68.1 Å². The number of hydrogen-bond donors (Lipinski definition) is 0. The Morgan fingerprint density at radius 3 is 2.05 bits per heavy atom. The van der Waals surface area contributed by atoms with Crippen LogP contribution in [0.25, 0.3) is 22.4 Å². The van der Waals surface area contributed by atoms with E-state index in [9.17, 15) is 8.42 Å². The Hall–Kier alpha value is -2.56. The van der Waals surface area contributed by atoms with Crippen molar-refractivity contribution in [1.29, 1.82) is 0 Å². The first-order valence-corrected chi connectivity index (χ1v) is 15.3. The highest BCUT2D eigenvalue weighted by atomic mass is 127. The first kappa shape index (κ1) is 24.8. The SMILES string of the molecule is Cc1ccc(S(=O)(=O)N2Cc3c(-c4ccc(-c5ccc(I)cc5)cc4)nnn3[C@@H]3CCCCC[C@H]32)cc1. The molecule has 6 nitrogen and oxygen atoms in total. The highest BCUT2D eigenvalue weighted by Crippen LogP contribution is 2.41. The van der Waals surface area contributed by atoms with Crippen LogP contribution in [0.3, 0.4) is 0 Å². The Balaban J connectivity index is 1.39. The number of hydrogen-bond acceptors (Lipinski definition) is 4. The average Bonchev–Trinajstić information content (AvgIpc) is 3.18. The summed E-state index contributed by atoms with van der Waals surface area (Å²) < 4.78 is 32.9. The standard InChI is InChI=1S/C29H29IN4O2S/c1-20-7-17-25(18-8-20)37(35,36)33-19-28-29(31-32-34(28)27-6-4-2-3-5-26(27)33)23-11-9-21(10-12-23)22-13-15-24(30)16-14-22/h7-18,26-27H,2-6,19H2,1H3/t26-,27-/m1/s1.